The zero-order valence-corrected chi connectivity index (χ0v) is 25.6. The zero-order valence-electron chi connectivity index (χ0n) is 25.6. The Hall–Kier alpha value is -0.500. The third-order valence-corrected chi connectivity index (χ3v) is 8.53. The molecule has 38 heavy (non-hydrogen) atoms. The molecule has 0 spiro atoms. The monoisotopic (exact) mass is 538 g/mol. The second-order valence-electron chi connectivity index (χ2n) is 11.6. The number of nitrogens with zero attached hydrogens (tertiary/aromatic N) is 2. The molecule has 2 atom stereocenters. The molecule has 2 unspecified atom stereocenters. The summed E-state index contributed by atoms with van der Waals surface area (Å²) in [5.41, 5.74) is 1.51. The third kappa shape index (κ3) is 11.9. The van der Waals surface area contributed by atoms with E-state index in [1.165, 1.54) is 70.6 Å². The normalized spacial score (nSPS) is 24.2. The molecule has 6 nitrogen and oxygen atoms in total. The Morgan fingerprint density at radius 2 is 1.63 bits per heavy atom. The lowest BCUT2D eigenvalue weighted by Crippen LogP contribution is -2.53. The summed E-state index contributed by atoms with van der Waals surface area (Å²) in [5, 5.41) is 9.11. The predicted octanol–water partition coefficient (Wildman–Crippen LogP) is 6.42. The van der Waals surface area contributed by atoms with Crippen LogP contribution < -0.4 is 0 Å². The number of ether oxygens (including phenoxy) is 3. The minimum Gasteiger partial charge on any atom is -0.395 e. The molecule has 0 bridgehead atoms. The standard InChI is InChI=1S/C16H29NO2.C16H33NO2/c1-3-6-15(7-4-2)8-5-9-16-14-18-12-10-17(16)11-13-19-16;1-3-6-15(7-4-2)8-5-9-16-14-19-13-11-17(16)10-12-18/h8H,3-7,9-14H2,1-2H3;15-16,18H,3-14H2,1-2H3. The van der Waals surface area contributed by atoms with Crippen LogP contribution in [-0.4, -0.2) is 92.5 Å². The molecule has 0 aromatic rings. The van der Waals surface area contributed by atoms with Gasteiger partial charge >= 0.3 is 0 Å². The number of β-amino-alcohol motifs (C(OH)–C–C–N with tert-alkyl or cyclic N) is 1. The summed E-state index contributed by atoms with van der Waals surface area (Å²) >= 11 is 0. The highest BCUT2D eigenvalue weighted by atomic mass is 16.6. The molecule has 3 rings (SSSR count). The van der Waals surface area contributed by atoms with Crippen molar-refractivity contribution in [2.24, 2.45) is 5.92 Å². The maximum atomic E-state index is 9.11. The van der Waals surface area contributed by atoms with Crippen LogP contribution in [-0.2, 0) is 14.2 Å². The highest BCUT2D eigenvalue weighted by molar-refractivity contribution is 5.03. The van der Waals surface area contributed by atoms with Crippen LogP contribution in [0.1, 0.15) is 111 Å². The maximum absolute atomic E-state index is 9.11. The zero-order chi connectivity index (χ0) is 27.5. The van der Waals surface area contributed by atoms with Crippen LogP contribution in [0.3, 0.4) is 0 Å². The summed E-state index contributed by atoms with van der Waals surface area (Å²) in [6, 6.07) is 0.532. The molecule has 6 heteroatoms. The summed E-state index contributed by atoms with van der Waals surface area (Å²) in [5.74, 6) is 0.922. The lowest BCUT2D eigenvalue weighted by Gasteiger charge is -2.40. The van der Waals surface area contributed by atoms with Crippen LogP contribution in [0.4, 0.5) is 0 Å². The van der Waals surface area contributed by atoms with Crippen molar-refractivity contribution in [1.29, 1.82) is 0 Å². The van der Waals surface area contributed by atoms with Gasteiger partial charge in [0.25, 0.3) is 0 Å². The Labute approximate surface area is 235 Å². The molecule has 3 aliphatic heterocycles. The quantitative estimate of drug-likeness (QED) is 0.216. The second-order valence-corrected chi connectivity index (χ2v) is 11.6. The minimum absolute atomic E-state index is 0.113. The Balaban J connectivity index is 0.000000267. The van der Waals surface area contributed by atoms with E-state index in [9.17, 15) is 0 Å². The fraction of sp³-hybridized carbons (Fsp3) is 0.938. The molecular formula is C32H62N2O4. The molecular weight excluding hydrogens is 476 g/mol. The summed E-state index contributed by atoms with van der Waals surface area (Å²) < 4.78 is 17.3. The van der Waals surface area contributed by atoms with Crippen molar-refractivity contribution >= 4 is 0 Å². The number of aliphatic hydroxyl groups is 1. The van der Waals surface area contributed by atoms with Gasteiger partial charge < -0.3 is 19.3 Å². The van der Waals surface area contributed by atoms with Crippen molar-refractivity contribution in [3.05, 3.63) is 11.6 Å². The first-order valence-electron chi connectivity index (χ1n) is 16.2. The van der Waals surface area contributed by atoms with E-state index >= 15 is 0 Å². The lowest BCUT2D eigenvalue weighted by atomic mass is 9.91. The smallest absolute Gasteiger partial charge is 0.145 e. The van der Waals surface area contributed by atoms with Gasteiger partial charge in [-0.2, -0.15) is 0 Å². The first-order valence-corrected chi connectivity index (χ1v) is 16.2. The topological polar surface area (TPSA) is 54.4 Å². The summed E-state index contributed by atoms with van der Waals surface area (Å²) in [6.07, 6.45) is 19.0. The highest BCUT2D eigenvalue weighted by Gasteiger charge is 2.43. The van der Waals surface area contributed by atoms with Crippen LogP contribution in [0.2, 0.25) is 0 Å². The van der Waals surface area contributed by atoms with E-state index in [4.69, 9.17) is 19.3 Å². The van der Waals surface area contributed by atoms with Crippen molar-refractivity contribution < 1.29 is 19.3 Å². The number of hydrogen-bond acceptors (Lipinski definition) is 6. The van der Waals surface area contributed by atoms with Gasteiger partial charge in [-0.1, -0.05) is 90.7 Å². The van der Waals surface area contributed by atoms with Gasteiger partial charge in [0.15, 0.2) is 0 Å². The van der Waals surface area contributed by atoms with E-state index < -0.39 is 0 Å². The van der Waals surface area contributed by atoms with Gasteiger partial charge in [-0.05, 0) is 38.0 Å². The van der Waals surface area contributed by atoms with Crippen LogP contribution in [0.5, 0.6) is 0 Å². The van der Waals surface area contributed by atoms with Crippen molar-refractivity contribution in [3.8, 4) is 0 Å². The molecule has 224 valence electrons. The average Bonchev–Trinajstić information content (AvgIpc) is 3.35. The Morgan fingerprint density at radius 1 is 0.921 bits per heavy atom. The highest BCUT2D eigenvalue weighted by Crippen LogP contribution is 2.32. The van der Waals surface area contributed by atoms with Crippen molar-refractivity contribution in [2.75, 3.05) is 65.8 Å². The first kappa shape index (κ1) is 33.7. The summed E-state index contributed by atoms with van der Waals surface area (Å²) in [4.78, 5) is 4.88. The predicted molar refractivity (Wildman–Crippen MR) is 159 cm³/mol. The molecule has 0 aromatic heterocycles. The molecule has 1 N–H and O–H groups in total. The van der Waals surface area contributed by atoms with Crippen molar-refractivity contribution in [1.82, 2.24) is 9.80 Å². The van der Waals surface area contributed by atoms with Crippen molar-refractivity contribution in [3.63, 3.8) is 0 Å². The number of rotatable bonds is 17. The van der Waals surface area contributed by atoms with E-state index in [1.807, 2.05) is 0 Å². The molecule has 0 saturated carbocycles. The van der Waals surface area contributed by atoms with E-state index in [1.54, 1.807) is 5.57 Å². The van der Waals surface area contributed by atoms with Gasteiger partial charge in [-0.3, -0.25) is 9.80 Å². The Morgan fingerprint density at radius 3 is 2.32 bits per heavy atom. The molecule has 0 aromatic carbocycles. The van der Waals surface area contributed by atoms with Gasteiger partial charge in [0, 0.05) is 32.2 Å². The van der Waals surface area contributed by atoms with E-state index in [0.29, 0.717) is 6.04 Å². The fourth-order valence-electron chi connectivity index (χ4n) is 6.54. The molecule has 0 aliphatic carbocycles. The van der Waals surface area contributed by atoms with Gasteiger partial charge in [0.1, 0.15) is 5.72 Å². The van der Waals surface area contributed by atoms with Crippen LogP contribution in [0.25, 0.3) is 0 Å². The molecule has 3 aliphatic rings. The second kappa shape index (κ2) is 20.4. The molecule has 0 amide bonds. The van der Waals surface area contributed by atoms with Gasteiger partial charge in [-0.15, -0.1) is 0 Å². The number of fused-ring (bicyclic) bond motifs is 1. The van der Waals surface area contributed by atoms with Crippen LogP contribution >= 0.6 is 0 Å². The van der Waals surface area contributed by atoms with E-state index in [2.05, 4.69) is 43.6 Å². The largest absolute Gasteiger partial charge is 0.395 e. The van der Waals surface area contributed by atoms with Crippen LogP contribution in [0.15, 0.2) is 11.6 Å². The maximum Gasteiger partial charge on any atom is 0.145 e. The van der Waals surface area contributed by atoms with Crippen molar-refractivity contribution in [2.45, 2.75) is 123 Å². The average molecular weight is 539 g/mol. The minimum atomic E-state index is -0.113. The Kier molecular flexibility index (Phi) is 18.1. The summed E-state index contributed by atoms with van der Waals surface area (Å²) in [6.45, 7) is 17.4. The molecule has 0 radical (unpaired) electrons. The van der Waals surface area contributed by atoms with Crippen LogP contribution in [0, 0.1) is 5.92 Å². The third-order valence-electron chi connectivity index (χ3n) is 8.53. The van der Waals surface area contributed by atoms with E-state index in [-0.39, 0.29) is 12.3 Å². The number of morpholine rings is 2. The Bertz CT molecular complexity index is 600. The van der Waals surface area contributed by atoms with Gasteiger partial charge in [0.05, 0.1) is 39.6 Å². The molecule has 3 saturated heterocycles. The van der Waals surface area contributed by atoms with E-state index in [0.717, 1.165) is 78.0 Å². The number of allylic oxidation sites excluding steroid dienone is 2. The number of aliphatic hydroxyl groups excluding tert-OH is 1. The van der Waals surface area contributed by atoms with Gasteiger partial charge in [0.2, 0.25) is 0 Å². The lowest BCUT2D eigenvalue weighted by molar-refractivity contribution is -0.168. The summed E-state index contributed by atoms with van der Waals surface area (Å²) in [7, 11) is 0. The molecule has 3 fully saturated rings. The molecule has 3 heterocycles. The fourth-order valence-corrected chi connectivity index (χ4v) is 6.54. The number of hydrogen-bond donors (Lipinski definition) is 1. The van der Waals surface area contributed by atoms with Gasteiger partial charge in [-0.25, -0.2) is 0 Å². The first-order chi connectivity index (χ1) is 18.6. The SMILES string of the molecule is CCCC(=CCCC12COCCN1CCO2)CCC.CCCC(CCC)CCCC1COCCN1CCO.